The second-order valence-corrected chi connectivity index (χ2v) is 5.60. The third-order valence-corrected chi connectivity index (χ3v) is 3.64. The fourth-order valence-corrected chi connectivity index (χ4v) is 2.25. The van der Waals surface area contributed by atoms with E-state index in [1.807, 2.05) is 49.4 Å². The minimum absolute atomic E-state index is 0.278. The second kappa shape index (κ2) is 10.1. The van der Waals surface area contributed by atoms with E-state index in [9.17, 15) is 9.59 Å². The quantitative estimate of drug-likeness (QED) is 0.573. The average Bonchev–Trinajstić information content (AvgIpc) is 2.66. The smallest absolute Gasteiger partial charge is 0.309 e. The van der Waals surface area contributed by atoms with Gasteiger partial charge < -0.3 is 15.4 Å². The van der Waals surface area contributed by atoms with Crippen molar-refractivity contribution < 1.29 is 14.3 Å². The van der Waals surface area contributed by atoms with E-state index in [-0.39, 0.29) is 6.54 Å². The van der Waals surface area contributed by atoms with Crippen LogP contribution in [0.3, 0.4) is 0 Å². The Morgan fingerprint density at radius 3 is 2.08 bits per heavy atom. The van der Waals surface area contributed by atoms with Crippen molar-refractivity contribution in [2.24, 2.45) is 0 Å². The zero-order valence-electron chi connectivity index (χ0n) is 14.5. The molecule has 132 valence electrons. The molecule has 2 rings (SSSR count). The number of ether oxygens (including phenoxy) is 1. The first-order valence-electron chi connectivity index (χ1n) is 8.55. The predicted molar refractivity (Wildman–Crippen MR) is 98.3 cm³/mol. The molecule has 2 aromatic carbocycles. The number of carbonyl (C=O) groups is 2. The van der Waals surface area contributed by atoms with Crippen molar-refractivity contribution in [1.29, 1.82) is 0 Å². The molecule has 2 N–H and O–H groups in total. The molecule has 0 bridgehead atoms. The number of hydrogen-bond acceptors (Lipinski definition) is 3. The number of nitrogens with one attached hydrogen (secondary N) is 2. The van der Waals surface area contributed by atoms with Gasteiger partial charge in [0.1, 0.15) is 12.4 Å². The normalized spacial score (nSPS) is 10.1. The van der Waals surface area contributed by atoms with Gasteiger partial charge in [-0.05, 0) is 29.7 Å². The first-order valence-corrected chi connectivity index (χ1v) is 8.55. The van der Waals surface area contributed by atoms with Gasteiger partial charge in [0, 0.05) is 6.54 Å². The van der Waals surface area contributed by atoms with Crippen LogP contribution in [0.1, 0.15) is 19.8 Å². The Bertz CT molecular complexity index is 669. The summed E-state index contributed by atoms with van der Waals surface area (Å²) < 4.78 is 5.58. The third-order valence-electron chi connectivity index (χ3n) is 3.64. The van der Waals surface area contributed by atoms with E-state index in [1.165, 1.54) is 0 Å². The molecule has 0 aliphatic heterocycles. The Labute approximate surface area is 148 Å². The molecule has 0 fully saturated rings. The molecular weight excluding hydrogens is 316 g/mol. The zero-order chi connectivity index (χ0) is 17.9. The molecule has 2 amide bonds. The molecule has 5 nitrogen and oxygen atoms in total. The van der Waals surface area contributed by atoms with E-state index >= 15 is 0 Å². The molecule has 0 aliphatic carbocycles. The highest BCUT2D eigenvalue weighted by molar-refractivity contribution is 6.35. The van der Waals surface area contributed by atoms with E-state index in [0.717, 1.165) is 29.7 Å². The van der Waals surface area contributed by atoms with E-state index in [0.29, 0.717) is 13.2 Å². The first-order chi connectivity index (χ1) is 12.2. The zero-order valence-corrected chi connectivity index (χ0v) is 14.5. The van der Waals surface area contributed by atoms with Gasteiger partial charge in [-0.1, -0.05) is 55.8 Å². The summed E-state index contributed by atoms with van der Waals surface area (Å²) in [5.41, 5.74) is 2.26. The van der Waals surface area contributed by atoms with Gasteiger partial charge in [-0.15, -0.1) is 0 Å². The number of amides is 2. The molecule has 2 aromatic rings. The molecule has 0 saturated heterocycles. The number of hydrogen-bond donors (Lipinski definition) is 2. The molecular formula is C20H24N2O3. The van der Waals surface area contributed by atoms with E-state index in [2.05, 4.69) is 22.8 Å². The highest BCUT2D eigenvalue weighted by atomic mass is 16.5. The van der Waals surface area contributed by atoms with Gasteiger partial charge in [-0.3, -0.25) is 9.59 Å². The van der Waals surface area contributed by atoms with Crippen LogP contribution in [0.25, 0.3) is 11.1 Å². The highest BCUT2D eigenvalue weighted by Gasteiger charge is 2.11. The van der Waals surface area contributed by atoms with Crippen LogP contribution >= 0.6 is 0 Å². The highest BCUT2D eigenvalue weighted by Crippen LogP contribution is 2.21. The van der Waals surface area contributed by atoms with Gasteiger partial charge >= 0.3 is 11.8 Å². The summed E-state index contributed by atoms with van der Waals surface area (Å²) in [6.45, 7) is 3.13. The van der Waals surface area contributed by atoms with Crippen LogP contribution in [-0.2, 0) is 9.59 Å². The van der Waals surface area contributed by atoms with Crippen molar-refractivity contribution in [1.82, 2.24) is 10.6 Å². The monoisotopic (exact) mass is 340 g/mol. The van der Waals surface area contributed by atoms with Gasteiger partial charge in [-0.25, -0.2) is 0 Å². The summed E-state index contributed by atoms with van der Waals surface area (Å²) in [7, 11) is 0. The predicted octanol–water partition coefficient (Wildman–Crippen LogP) is 2.76. The van der Waals surface area contributed by atoms with Crippen molar-refractivity contribution in [2.45, 2.75) is 19.8 Å². The van der Waals surface area contributed by atoms with Gasteiger partial charge in [0.15, 0.2) is 0 Å². The van der Waals surface area contributed by atoms with Crippen molar-refractivity contribution in [3.8, 4) is 16.9 Å². The van der Waals surface area contributed by atoms with Crippen LogP contribution < -0.4 is 15.4 Å². The van der Waals surface area contributed by atoms with Crippen LogP contribution in [0.15, 0.2) is 54.6 Å². The number of benzene rings is 2. The van der Waals surface area contributed by atoms with E-state index in [4.69, 9.17) is 4.74 Å². The largest absolute Gasteiger partial charge is 0.492 e. The number of rotatable bonds is 8. The second-order valence-electron chi connectivity index (χ2n) is 5.60. The molecule has 0 radical (unpaired) electrons. The summed E-state index contributed by atoms with van der Waals surface area (Å²) in [5, 5.41) is 5.11. The van der Waals surface area contributed by atoms with E-state index < -0.39 is 11.8 Å². The van der Waals surface area contributed by atoms with Gasteiger partial charge in [0.05, 0.1) is 6.54 Å². The standard InChI is InChI=1S/C20H24N2O3/c1-2-3-13-21-19(23)20(24)22-14-15-25-18-11-9-17(10-12-18)16-7-5-4-6-8-16/h4-12H,2-3,13-15H2,1H3,(H,21,23)(H,22,24). The van der Waals surface area contributed by atoms with Crippen LogP contribution in [0.5, 0.6) is 5.75 Å². The number of unbranched alkanes of at least 4 members (excludes halogenated alkanes) is 1. The lowest BCUT2D eigenvalue weighted by Crippen LogP contribution is -2.41. The van der Waals surface area contributed by atoms with Crippen LogP contribution in [0, 0.1) is 0 Å². The maximum Gasteiger partial charge on any atom is 0.309 e. The Morgan fingerprint density at radius 2 is 1.44 bits per heavy atom. The minimum atomic E-state index is -0.626. The van der Waals surface area contributed by atoms with Crippen molar-refractivity contribution >= 4 is 11.8 Å². The Balaban J connectivity index is 1.70. The van der Waals surface area contributed by atoms with Crippen LogP contribution in [0.2, 0.25) is 0 Å². The van der Waals surface area contributed by atoms with Crippen LogP contribution in [0.4, 0.5) is 0 Å². The third kappa shape index (κ3) is 6.30. The molecule has 0 heterocycles. The molecule has 5 heteroatoms. The Morgan fingerprint density at radius 1 is 0.840 bits per heavy atom. The van der Waals surface area contributed by atoms with Crippen molar-refractivity contribution in [3.05, 3.63) is 54.6 Å². The molecule has 25 heavy (non-hydrogen) atoms. The Hall–Kier alpha value is -2.82. The molecule has 0 atom stereocenters. The maximum absolute atomic E-state index is 11.6. The molecule has 0 aromatic heterocycles. The average molecular weight is 340 g/mol. The summed E-state index contributed by atoms with van der Waals surface area (Å²) in [5.74, 6) is -0.499. The fraction of sp³-hybridized carbons (Fsp3) is 0.300. The lowest BCUT2D eigenvalue weighted by molar-refractivity contribution is -0.139. The summed E-state index contributed by atoms with van der Waals surface area (Å²) in [6, 6.07) is 17.9. The maximum atomic E-state index is 11.6. The van der Waals surface area contributed by atoms with E-state index in [1.54, 1.807) is 0 Å². The van der Waals surface area contributed by atoms with Crippen LogP contribution in [-0.4, -0.2) is 31.5 Å². The fourth-order valence-electron chi connectivity index (χ4n) is 2.25. The summed E-state index contributed by atoms with van der Waals surface area (Å²) in [6.07, 6.45) is 1.83. The minimum Gasteiger partial charge on any atom is -0.492 e. The molecule has 0 unspecified atom stereocenters. The molecule has 0 saturated carbocycles. The topological polar surface area (TPSA) is 67.4 Å². The Kier molecular flexibility index (Phi) is 7.50. The van der Waals surface area contributed by atoms with Gasteiger partial charge in [0.25, 0.3) is 0 Å². The first kappa shape index (κ1) is 18.5. The van der Waals surface area contributed by atoms with Gasteiger partial charge in [0.2, 0.25) is 0 Å². The van der Waals surface area contributed by atoms with Crippen molar-refractivity contribution in [2.75, 3.05) is 19.7 Å². The SMILES string of the molecule is CCCCNC(=O)C(=O)NCCOc1ccc(-c2ccccc2)cc1. The number of carbonyl (C=O) groups excluding carboxylic acids is 2. The van der Waals surface area contributed by atoms with Crippen molar-refractivity contribution in [3.63, 3.8) is 0 Å². The summed E-state index contributed by atoms with van der Waals surface area (Å²) >= 11 is 0. The van der Waals surface area contributed by atoms with Gasteiger partial charge in [-0.2, -0.15) is 0 Å². The summed E-state index contributed by atoms with van der Waals surface area (Å²) in [4.78, 5) is 23.1. The molecule has 0 spiro atoms. The lowest BCUT2D eigenvalue weighted by atomic mass is 10.1. The lowest BCUT2D eigenvalue weighted by Gasteiger charge is -2.09. The molecule has 0 aliphatic rings.